The third-order valence-corrected chi connectivity index (χ3v) is 4.23. The van der Waals surface area contributed by atoms with Gasteiger partial charge in [0.05, 0.1) is 5.39 Å². The Balaban J connectivity index is 2.19. The van der Waals surface area contributed by atoms with Crippen LogP contribution in [0.5, 0.6) is 0 Å². The Morgan fingerprint density at radius 1 is 1.11 bits per heavy atom. The Bertz CT molecular complexity index is 1020. The normalized spacial score (nSPS) is 10.9. The SMILES string of the molecule is C=CCN(C(=O)c1nn(CC(C)C)c(=O)c2ccccc12)c1ccccc1. The Hall–Kier alpha value is -3.21. The molecule has 138 valence electrons. The molecule has 3 aromatic rings. The Kier molecular flexibility index (Phi) is 5.50. The van der Waals surface area contributed by atoms with Gasteiger partial charge in [-0.05, 0) is 24.1 Å². The second-order valence-electron chi connectivity index (χ2n) is 6.82. The summed E-state index contributed by atoms with van der Waals surface area (Å²) in [6, 6.07) is 16.5. The summed E-state index contributed by atoms with van der Waals surface area (Å²) >= 11 is 0. The van der Waals surface area contributed by atoms with Gasteiger partial charge in [0.15, 0.2) is 5.69 Å². The van der Waals surface area contributed by atoms with Crippen molar-refractivity contribution in [2.75, 3.05) is 11.4 Å². The monoisotopic (exact) mass is 361 g/mol. The van der Waals surface area contributed by atoms with Crippen molar-refractivity contribution in [2.45, 2.75) is 20.4 Å². The van der Waals surface area contributed by atoms with E-state index in [-0.39, 0.29) is 23.1 Å². The van der Waals surface area contributed by atoms with Crippen molar-refractivity contribution >= 4 is 22.4 Å². The Morgan fingerprint density at radius 2 is 1.74 bits per heavy atom. The molecule has 0 N–H and O–H groups in total. The van der Waals surface area contributed by atoms with Gasteiger partial charge < -0.3 is 4.90 Å². The first-order chi connectivity index (χ1) is 13.0. The molecule has 0 aliphatic rings. The van der Waals surface area contributed by atoms with Crippen LogP contribution < -0.4 is 10.5 Å². The number of para-hydroxylation sites is 1. The lowest BCUT2D eigenvalue weighted by molar-refractivity contribution is 0.0984. The van der Waals surface area contributed by atoms with Crippen molar-refractivity contribution in [1.29, 1.82) is 0 Å². The van der Waals surface area contributed by atoms with E-state index >= 15 is 0 Å². The molecule has 1 aromatic heterocycles. The van der Waals surface area contributed by atoms with Gasteiger partial charge in [-0.15, -0.1) is 6.58 Å². The maximum Gasteiger partial charge on any atom is 0.279 e. The molecule has 0 aliphatic carbocycles. The highest BCUT2D eigenvalue weighted by molar-refractivity contribution is 6.12. The number of aromatic nitrogens is 2. The minimum Gasteiger partial charge on any atom is -0.303 e. The maximum atomic E-state index is 13.4. The molecule has 0 radical (unpaired) electrons. The van der Waals surface area contributed by atoms with E-state index in [2.05, 4.69) is 11.7 Å². The van der Waals surface area contributed by atoms with Crippen molar-refractivity contribution in [3.8, 4) is 0 Å². The number of hydrogen-bond acceptors (Lipinski definition) is 3. The third kappa shape index (κ3) is 3.82. The number of amides is 1. The molecular formula is C22H23N3O2. The summed E-state index contributed by atoms with van der Waals surface area (Å²) in [4.78, 5) is 27.8. The van der Waals surface area contributed by atoms with Crippen LogP contribution in [0.1, 0.15) is 24.3 Å². The molecule has 1 heterocycles. The first-order valence-electron chi connectivity index (χ1n) is 9.00. The van der Waals surface area contributed by atoms with Crippen LogP contribution in [0.25, 0.3) is 10.8 Å². The summed E-state index contributed by atoms with van der Waals surface area (Å²) < 4.78 is 1.40. The number of carbonyl (C=O) groups excluding carboxylic acids is 1. The second kappa shape index (κ2) is 7.99. The van der Waals surface area contributed by atoms with Crippen LogP contribution in [0.15, 0.2) is 72.0 Å². The first-order valence-corrected chi connectivity index (χ1v) is 9.00. The summed E-state index contributed by atoms with van der Waals surface area (Å²) in [5, 5.41) is 5.52. The Labute approximate surface area is 158 Å². The van der Waals surface area contributed by atoms with Gasteiger partial charge in [-0.25, -0.2) is 4.68 Å². The predicted octanol–water partition coefficient (Wildman–Crippen LogP) is 3.89. The van der Waals surface area contributed by atoms with Crippen LogP contribution in [0.4, 0.5) is 5.69 Å². The highest BCUT2D eigenvalue weighted by Gasteiger charge is 2.22. The summed E-state index contributed by atoms with van der Waals surface area (Å²) in [6.07, 6.45) is 1.68. The van der Waals surface area contributed by atoms with Crippen molar-refractivity contribution < 1.29 is 4.79 Å². The van der Waals surface area contributed by atoms with Gasteiger partial charge in [0.25, 0.3) is 11.5 Å². The van der Waals surface area contributed by atoms with Crippen LogP contribution in [0.3, 0.4) is 0 Å². The second-order valence-corrected chi connectivity index (χ2v) is 6.82. The van der Waals surface area contributed by atoms with Gasteiger partial charge in [0, 0.05) is 24.2 Å². The molecule has 27 heavy (non-hydrogen) atoms. The van der Waals surface area contributed by atoms with E-state index in [9.17, 15) is 9.59 Å². The van der Waals surface area contributed by atoms with E-state index in [4.69, 9.17) is 0 Å². The molecule has 0 unspecified atom stereocenters. The number of carbonyl (C=O) groups is 1. The van der Waals surface area contributed by atoms with Gasteiger partial charge >= 0.3 is 0 Å². The lowest BCUT2D eigenvalue weighted by Gasteiger charge is -2.22. The molecule has 3 rings (SSSR count). The van der Waals surface area contributed by atoms with Crippen LogP contribution >= 0.6 is 0 Å². The molecule has 0 saturated heterocycles. The molecule has 0 aliphatic heterocycles. The molecule has 0 atom stereocenters. The quantitative estimate of drug-likeness (QED) is 0.626. The zero-order valence-electron chi connectivity index (χ0n) is 15.6. The molecule has 5 nitrogen and oxygen atoms in total. The lowest BCUT2D eigenvalue weighted by Crippen LogP contribution is -2.35. The van der Waals surface area contributed by atoms with Gasteiger partial charge in [-0.1, -0.05) is 56.3 Å². The molecule has 0 saturated carbocycles. The average Bonchev–Trinajstić information content (AvgIpc) is 2.68. The smallest absolute Gasteiger partial charge is 0.279 e. The molecule has 0 bridgehead atoms. The summed E-state index contributed by atoms with van der Waals surface area (Å²) in [7, 11) is 0. The van der Waals surface area contributed by atoms with Crippen molar-refractivity contribution in [3.05, 3.63) is 83.3 Å². The average molecular weight is 361 g/mol. The van der Waals surface area contributed by atoms with Crippen LogP contribution in [-0.4, -0.2) is 22.2 Å². The van der Waals surface area contributed by atoms with E-state index < -0.39 is 0 Å². The predicted molar refractivity (Wildman–Crippen MR) is 109 cm³/mol. The molecule has 2 aromatic carbocycles. The fourth-order valence-electron chi connectivity index (χ4n) is 3.03. The van der Waals surface area contributed by atoms with E-state index in [1.807, 2.05) is 50.2 Å². The van der Waals surface area contributed by atoms with Gasteiger partial charge in [0.2, 0.25) is 0 Å². The maximum absolute atomic E-state index is 13.4. The minimum absolute atomic E-state index is 0.175. The first kappa shape index (κ1) is 18.6. The molecule has 5 heteroatoms. The van der Waals surface area contributed by atoms with Crippen LogP contribution in [0.2, 0.25) is 0 Å². The van der Waals surface area contributed by atoms with Gasteiger partial charge in [-0.3, -0.25) is 9.59 Å². The number of nitrogens with zero attached hydrogens (tertiary/aromatic N) is 3. The number of fused-ring (bicyclic) bond motifs is 1. The number of hydrogen-bond donors (Lipinski definition) is 0. The van der Waals surface area contributed by atoms with E-state index in [0.717, 1.165) is 5.69 Å². The summed E-state index contributed by atoms with van der Waals surface area (Å²) in [6.45, 7) is 8.60. The van der Waals surface area contributed by atoms with Gasteiger partial charge in [0.1, 0.15) is 0 Å². The van der Waals surface area contributed by atoms with E-state index in [1.54, 1.807) is 29.2 Å². The number of benzene rings is 2. The van der Waals surface area contributed by atoms with Gasteiger partial charge in [-0.2, -0.15) is 5.10 Å². The molecular weight excluding hydrogens is 338 g/mol. The summed E-state index contributed by atoms with van der Waals surface area (Å²) in [5.41, 5.74) is 0.859. The summed E-state index contributed by atoms with van der Waals surface area (Å²) in [5.74, 6) is -0.0208. The van der Waals surface area contributed by atoms with E-state index in [0.29, 0.717) is 23.9 Å². The molecule has 1 amide bonds. The largest absolute Gasteiger partial charge is 0.303 e. The topological polar surface area (TPSA) is 55.2 Å². The van der Waals surface area contributed by atoms with Crippen molar-refractivity contribution in [2.24, 2.45) is 5.92 Å². The highest BCUT2D eigenvalue weighted by Crippen LogP contribution is 2.20. The zero-order valence-corrected chi connectivity index (χ0v) is 15.6. The van der Waals surface area contributed by atoms with Crippen LogP contribution in [0, 0.1) is 5.92 Å². The zero-order chi connectivity index (χ0) is 19.4. The third-order valence-electron chi connectivity index (χ3n) is 4.23. The standard InChI is InChI=1S/C22H23N3O2/c1-4-14-24(17-10-6-5-7-11-17)22(27)20-18-12-8-9-13-19(18)21(26)25(23-20)15-16(2)3/h4-13,16H,1,14-15H2,2-3H3. The van der Waals surface area contributed by atoms with Crippen molar-refractivity contribution in [3.63, 3.8) is 0 Å². The molecule has 0 fully saturated rings. The number of rotatable bonds is 6. The highest BCUT2D eigenvalue weighted by atomic mass is 16.2. The van der Waals surface area contributed by atoms with Crippen molar-refractivity contribution in [1.82, 2.24) is 9.78 Å². The fraction of sp³-hybridized carbons (Fsp3) is 0.227. The van der Waals surface area contributed by atoms with E-state index in [1.165, 1.54) is 4.68 Å². The van der Waals surface area contributed by atoms with Crippen LogP contribution in [-0.2, 0) is 6.54 Å². The lowest BCUT2D eigenvalue weighted by atomic mass is 10.1. The fourth-order valence-corrected chi connectivity index (χ4v) is 3.03. The minimum atomic E-state index is -0.255. The number of anilines is 1. The molecule has 0 spiro atoms. The Morgan fingerprint density at radius 3 is 2.37 bits per heavy atom.